The van der Waals surface area contributed by atoms with Crippen LogP contribution in [-0.2, 0) is 28.1 Å². The molecule has 0 amide bonds. The Morgan fingerprint density at radius 2 is 2.10 bits per heavy atom. The zero-order valence-electron chi connectivity index (χ0n) is 10.2. The summed E-state index contributed by atoms with van der Waals surface area (Å²) in [6, 6.07) is 4.40. The van der Waals surface area contributed by atoms with Crippen LogP contribution in [0.2, 0.25) is 0 Å². The van der Waals surface area contributed by atoms with Crippen molar-refractivity contribution in [2.75, 3.05) is 0 Å². The average molecular weight is 455 g/mol. The van der Waals surface area contributed by atoms with Crippen LogP contribution in [0.4, 0.5) is 8.78 Å². The van der Waals surface area contributed by atoms with E-state index >= 15 is 0 Å². The van der Waals surface area contributed by atoms with Crippen molar-refractivity contribution in [3.63, 3.8) is 0 Å². The fourth-order valence-corrected chi connectivity index (χ4v) is 1.76. The van der Waals surface area contributed by atoms with E-state index in [2.05, 4.69) is 21.2 Å². The molecule has 0 aliphatic rings. The summed E-state index contributed by atoms with van der Waals surface area (Å²) in [6.07, 6.45) is 4.64. The number of rotatable bonds is 2. The molecule has 0 atom stereocenters. The van der Waals surface area contributed by atoms with E-state index in [1.807, 2.05) is 0 Å². The first-order chi connectivity index (χ1) is 9.16. The third-order valence-electron chi connectivity index (χ3n) is 2.63. The summed E-state index contributed by atoms with van der Waals surface area (Å²) in [5.74, 6) is -0.647. The van der Waals surface area contributed by atoms with E-state index in [-0.39, 0.29) is 32.5 Å². The van der Waals surface area contributed by atoms with Gasteiger partial charge in [-0.05, 0) is 0 Å². The van der Waals surface area contributed by atoms with Crippen LogP contribution >= 0.6 is 0 Å². The van der Waals surface area contributed by atoms with E-state index in [4.69, 9.17) is 0 Å². The maximum absolute atomic E-state index is 13.8. The summed E-state index contributed by atoms with van der Waals surface area (Å²) < 4.78 is 29.9. The molecule has 3 aromatic rings. The topological polar surface area (TPSA) is 48.5 Å². The molecule has 0 fully saturated rings. The first-order valence-corrected chi connectivity index (χ1v) is 5.41. The molecule has 8 heteroatoms. The van der Waals surface area contributed by atoms with Crippen molar-refractivity contribution >= 4 is 0 Å². The second-order valence-corrected chi connectivity index (χ2v) is 3.90. The summed E-state index contributed by atoms with van der Waals surface area (Å²) >= 11 is 0. The van der Waals surface area contributed by atoms with E-state index < -0.39 is 11.6 Å². The van der Waals surface area contributed by atoms with Gasteiger partial charge in [-0.3, -0.25) is 13.8 Å². The molecule has 20 heavy (non-hydrogen) atoms. The summed E-state index contributed by atoms with van der Waals surface area (Å²) in [5.41, 5.74) is 0.0781. The summed E-state index contributed by atoms with van der Waals surface area (Å²) in [7, 11) is 1.75. The molecule has 0 radical (unpaired) electrons. The Bertz CT molecular complexity index is 737. The van der Waals surface area contributed by atoms with E-state index in [1.54, 1.807) is 22.4 Å². The Labute approximate surface area is 127 Å². The Balaban J connectivity index is 0.00000147. The van der Waals surface area contributed by atoms with Gasteiger partial charge in [-0.25, -0.2) is 0 Å². The zero-order chi connectivity index (χ0) is 13.4. The van der Waals surface area contributed by atoms with Gasteiger partial charge in [-0.1, -0.05) is 11.6 Å². The van der Waals surface area contributed by atoms with Crippen molar-refractivity contribution in [2.45, 2.75) is 0 Å². The maximum atomic E-state index is 13.8. The minimum Gasteiger partial charge on any atom is -0.309 e. The van der Waals surface area contributed by atoms with Crippen molar-refractivity contribution in [2.24, 2.45) is 7.05 Å². The Morgan fingerprint density at radius 3 is 2.75 bits per heavy atom. The molecule has 0 spiro atoms. The van der Waals surface area contributed by atoms with E-state index in [0.717, 1.165) is 12.1 Å². The summed E-state index contributed by atoms with van der Waals surface area (Å²) in [4.78, 5) is 4.06. The number of aromatic nitrogens is 5. The molecule has 0 unspecified atom stereocenters. The maximum Gasteiger partial charge on any atom is 0.228 e. The van der Waals surface area contributed by atoms with Gasteiger partial charge in [0.15, 0.2) is 0 Å². The first-order valence-electron chi connectivity index (χ1n) is 5.41. The SMILES string of the molecule is Cn1cnnc1-n1ccnc1-c1[c-]cc(F)cc1F.[Pt]. The van der Waals surface area contributed by atoms with Gasteiger partial charge in [0, 0.05) is 52.1 Å². The molecule has 2 heterocycles. The van der Waals surface area contributed by atoms with E-state index in [0.29, 0.717) is 5.95 Å². The minimum absolute atomic E-state index is 0. The van der Waals surface area contributed by atoms with Gasteiger partial charge in [-0.2, -0.15) is 0 Å². The smallest absolute Gasteiger partial charge is 0.228 e. The van der Waals surface area contributed by atoms with Crippen LogP contribution < -0.4 is 0 Å². The number of imidazole rings is 1. The van der Waals surface area contributed by atoms with Gasteiger partial charge in [0.25, 0.3) is 0 Å². The fourth-order valence-electron chi connectivity index (χ4n) is 1.76. The van der Waals surface area contributed by atoms with Gasteiger partial charge in [0.1, 0.15) is 6.33 Å². The van der Waals surface area contributed by atoms with Crippen LogP contribution in [0.25, 0.3) is 17.3 Å². The first kappa shape index (κ1) is 14.5. The van der Waals surface area contributed by atoms with E-state index in [1.165, 1.54) is 12.5 Å². The predicted molar refractivity (Wildman–Crippen MR) is 62.3 cm³/mol. The number of halogens is 2. The van der Waals surface area contributed by atoms with Gasteiger partial charge < -0.3 is 9.13 Å². The van der Waals surface area contributed by atoms with E-state index in [9.17, 15) is 8.78 Å². The zero-order valence-corrected chi connectivity index (χ0v) is 12.5. The van der Waals surface area contributed by atoms with Crippen molar-refractivity contribution < 1.29 is 29.8 Å². The van der Waals surface area contributed by atoms with Crippen LogP contribution in [0, 0.1) is 17.7 Å². The van der Waals surface area contributed by atoms with Crippen molar-refractivity contribution in [3.05, 3.63) is 48.6 Å². The Morgan fingerprint density at radius 1 is 1.30 bits per heavy atom. The predicted octanol–water partition coefficient (Wildman–Crippen LogP) is 1.74. The molecular formula is C12H8F2N5Pt-. The van der Waals surface area contributed by atoms with Crippen molar-refractivity contribution in [1.82, 2.24) is 24.3 Å². The normalized spacial score (nSPS) is 10.3. The molecule has 2 aromatic heterocycles. The molecule has 0 saturated heterocycles. The van der Waals surface area contributed by atoms with Crippen LogP contribution in [-0.4, -0.2) is 24.3 Å². The second-order valence-electron chi connectivity index (χ2n) is 3.90. The van der Waals surface area contributed by atoms with Crippen molar-refractivity contribution in [3.8, 4) is 17.3 Å². The number of hydrogen-bond acceptors (Lipinski definition) is 3. The largest absolute Gasteiger partial charge is 0.309 e. The molecule has 5 nitrogen and oxygen atoms in total. The van der Waals surface area contributed by atoms with Gasteiger partial charge in [-0.15, -0.1) is 22.3 Å². The fraction of sp³-hybridized carbons (Fsp3) is 0.0833. The molecule has 0 aliphatic heterocycles. The molecule has 0 aliphatic carbocycles. The third-order valence-corrected chi connectivity index (χ3v) is 2.63. The number of benzene rings is 1. The standard InChI is InChI=1S/C12H8F2N5.Pt/c1-18-7-16-17-12(18)19-5-4-15-11(19)9-3-2-8(13)6-10(9)14;/h2,4-7H,1H3;/q-1;. The molecule has 0 saturated carbocycles. The third kappa shape index (κ3) is 2.41. The number of nitrogens with zero attached hydrogens (tertiary/aromatic N) is 5. The van der Waals surface area contributed by atoms with Gasteiger partial charge in [0.2, 0.25) is 5.95 Å². The molecule has 0 bridgehead atoms. The average Bonchev–Trinajstić information content (AvgIpc) is 2.97. The monoisotopic (exact) mass is 455 g/mol. The summed E-state index contributed by atoms with van der Waals surface area (Å²) in [6.45, 7) is 0. The Hall–Kier alpha value is -1.88. The summed E-state index contributed by atoms with van der Waals surface area (Å²) in [5, 5.41) is 7.67. The molecule has 0 N–H and O–H groups in total. The van der Waals surface area contributed by atoms with Gasteiger partial charge in [0.05, 0.1) is 5.82 Å². The van der Waals surface area contributed by atoms with Crippen LogP contribution in [0.5, 0.6) is 0 Å². The van der Waals surface area contributed by atoms with Crippen LogP contribution in [0.15, 0.2) is 30.9 Å². The molecule has 1 aromatic carbocycles. The Kier molecular flexibility index (Phi) is 4.09. The molecular weight excluding hydrogens is 447 g/mol. The molecule has 3 rings (SSSR count). The van der Waals surface area contributed by atoms with Crippen LogP contribution in [0.3, 0.4) is 0 Å². The minimum atomic E-state index is -0.727. The van der Waals surface area contributed by atoms with Crippen molar-refractivity contribution in [1.29, 1.82) is 0 Å². The quantitative estimate of drug-likeness (QED) is 0.554. The number of hydrogen-bond donors (Lipinski definition) is 0. The molecule has 106 valence electrons. The number of aryl methyl sites for hydroxylation is 1. The van der Waals surface area contributed by atoms with Gasteiger partial charge >= 0.3 is 0 Å². The second kappa shape index (κ2) is 5.62. The van der Waals surface area contributed by atoms with Crippen LogP contribution in [0.1, 0.15) is 0 Å².